The third kappa shape index (κ3) is 13.9. The van der Waals surface area contributed by atoms with E-state index < -0.39 is 23.9 Å². The molecule has 9 heteroatoms. The third-order valence-electron chi connectivity index (χ3n) is 2.26. The molecule has 20 heavy (non-hydrogen) atoms. The summed E-state index contributed by atoms with van der Waals surface area (Å²) in [5.41, 5.74) is 0. The molecule has 1 fully saturated rings. The highest BCUT2D eigenvalue weighted by Gasteiger charge is 2.06. The molecule has 0 aliphatic carbocycles. The number of aliphatic carboxylic acids is 4. The fourth-order valence-electron chi connectivity index (χ4n) is 1.28. The van der Waals surface area contributed by atoms with Crippen molar-refractivity contribution in [2.75, 3.05) is 19.6 Å². The summed E-state index contributed by atoms with van der Waals surface area (Å²) in [7, 11) is 0. The molecule has 0 radical (unpaired) electrons. The summed E-state index contributed by atoms with van der Waals surface area (Å²) in [6, 6.07) is 0. The van der Waals surface area contributed by atoms with Crippen LogP contribution in [0.5, 0.6) is 0 Å². The Balaban J connectivity index is 0. The summed E-state index contributed by atoms with van der Waals surface area (Å²) < 4.78 is 0. The van der Waals surface area contributed by atoms with E-state index in [9.17, 15) is 0 Å². The molecule has 0 bridgehead atoms. The van der Waals surface area contributed by atoms with Gasteiger partial charge in [-0.25, -0.2) is 19.2 Å². The lowest BCUT2D eigenvalue weighted by Gasteiger charge is -2.24. The van der Waals surface area contributed by atoms with Crippen molar-refractivity contribution in [1.29, 1.82) is 0 Å². The second-order valence-corrected chi connectivity index (χ2v) is 3.72. The lowest BCUT2D eigenvalue weighted by molar-refractivity contribution is -0.159. The van der Waals surface area contributed by atoms with Gasteiger partial charge in [-0.1, -0.05) is 13.3 Å². The van der Waals surface area contributed by atoms with Crippen LogP contribution in [-0.2, 0) is 19.2 Å². The lowest BCUT2D eigenvalue weighted by atomic mass is 10.1. The maximum absolute atomic E-state index is 9.10. The number of likely N-dealkylation sites (tertiary alicyclic amines) is 1. The number of nitrogens with zero attached hydrogens (tertiary/aromatic N) is 1. The Morgan fingerprint density at radius 3 is 1.20 bits per heavy atom. The van der Waals surface area contributed by atoms with E-state index >= 15 is 0 Å². The van der Waals surface area contributed by atoms with E-state index in [1.165, 1.54) is 38.9 Å². The van der Waals surface area contributed by atoms with Crippen molar-refractivity contribution in [3.8, 4) is 0 Å². The van der Waals surface area contributed by atoms with E-state index in [0.29, 0.717) is 0 Å². The maximum Gasteiger partial charge on any atom is 0.414 e. The molecular formula is C11H19NO8. The molecule has 0 atom stereocenters. The molecule has 0 aromatic rings. The highest BCUT2D eigenvalue weighted by atomic mass is 16.4. The average molecular weight is 293 g/mol. The normalized spacial score (nSPS) is 13.8. The van der Waals surface area contributed by atoms with Crippen molar-refractivity contribution in [2.45, 2.75) is 26.2 Å². The predicted octanol–water partition coefficient (Wildman–Crippen LogP) is -0.197. The first-order valence-electron chi connectivity index (χ1n) is 5.87. The first-order chi connectivity index (χ1) is 9.22. The largest absolute Gasteiger partial charge is 0.473 e. The fourth-order valence-corrected chi connectivity index (χ4v) is 1.28. The van der Waals surface area contributed by atoms with Gasteiger partial charge >= 0.3 is 23.9 Å². The number of carboxylic acid groups (broad SMARTS) is 4. The summed E-state index contributed by atoms with van der Waals surface area (Å²) in [5.74, 6) is -7.30. The van der Waals surface area contributed by atoms with Crippen LogP contribution in [0, 0.1) is 0 Å². The number of hydrogen-bond donors (Lipinski definition) is 4. The van der Waals surface area contributed by atoms with Crippen molar-refractivity contribution >= 4 is 23.9 Å². The molecule has 1 aliphatic rings. The molecule has 4 N–H and O–H groups in total. The van der Waals surface area contributed by atoms with E-state index in [1.807, 2.05) is 0 Å². The second kappa shape index (κ2) is 11.9. The Hall–Kier alpha value is -2.16. The molecule has 1 heterocycles. The molecule has 0 saturated carbocycles. The van der Waals surface area contributed by atoms with Crippen LogP contribution in [0.1, 0.15) is 26.2 Å². The maximum atomic E-state index is 9.10. The minimum atomic E-state index is -1.82. The summed E-state index contributed by atoms with van der Waals surface area (Å²) >= 11 is 0. The van der Waals surface area contributed by atoms with E-state index in [1.54, 1.807) is 0 Å². The van der Waals surface area contributed by atoms with Gasteiger partial charge in [-0.15, -0.1) is 0 Å². The SMILES string of the molecule is CCN1CCCCC1.O=C(O)C(=O)O.O=C(O)C(=O)O. The van der Waals surface area contributed by atoms with E-state index in [-0.39, 0.29) is 0 Å². The van der Waals surface area contributed by atoms with Gasteiger partial charge in [-0.3, -0.25) is 0 Å². The van der Waals surface area contributed by atoms with Gasteiger partial charge in [-0.2, -0.15) is 0 Å². The zero-order chi connectivity index (χ0) is 16.1. The molecule has 0 aromatic heterocycles. The summed E-state index contributed by atoms with van der Waals surface area (Å²) in [6.07, 6.45) is 4.30. The number of carbonyl (C=O) groups is 4. The first kappa shape index (κ1) is 20.2. The molecule has 0 unspecified atom stereocenters. The first-order valence-corrected chi connectivity index (χ1v) is 5.87. The van der Waals surface area contributed by atoms with Crippen molar-refractivity contribution in [2.24, 2.45) is 0 Å². The van der Waals surface area contributed by atoms with Gasteiger partial charge in [0, 0.05) is 0 Å². The Kier molecular flexibility index (Phi) is 12.0. The molecule has 1 aliphatic heterocycles. The molecule has 0 spiro atoms. The van der Waals surface area contributed by atoms with Gasteiger partial charge in [-0.05, 0) is 32.5 Å². The Morgan fingerprint density at radius 1 is 0.750 bits per heavy atom. The van der Waals surface area contributed by atoms with Crippen LogP contribution in [0.3, 0.4) is 0 Å². The number of rotatable bonds is 1. The summed E-state index contributed by atoms with van der Waals surface area (Å²) in [4.78, 5) is 38.9. The lowest BCUT2D eigenvalue weighted by Crippen LogP contribution is -2.29. The number of piperidine rings is 1. The van der Waals surface area contributed by atoms with Gasteiger partial charge in [0.15, 0.2) is 0 Å². The van der Waals surface area contributed by atoms with E-state index in [4.69, 9.17) is 39.6 Å². The molecule has 116 valence electrons. The van der Waals surface area contributed by atoms with E-state index in [2.05, 4.69) is 11.8 Å². The summed E-state index contributed by atoms with van der Waals surface area (Å²) in [6.45, 7) is 6.18. The van der Waals surface area contributed by atoms with Crippen LogP contribution in [0.15, 0.2) is 0 Å². The van der Waals surface area contributed by atoms with Crippen LogP contribution >= 0.6 is 0 Å². The van der Waals surface area contributed by atoms with Crippen molar-refractivity contribution in [1.82, 2.24) is 4.90 Å². The van der Waals surface area contributed by atoms with Gasteiger partial charge in [0.05, 0.1) is 0 Å². The molecule has 9 nitrogen and oxygen atoms in total. The molecule has 0 amide bonds. The van der Waals surface area contributed by atoms with Crippen molar-refractivity contribution < 1.29 is 39.6 Å². The number of carboxylic acids is 4. The Bertz CT molecular complexity index is 287. The minimum Gasteiger partial charge on any atom is -0.473 e. The standard InChI is InChI=1S/C7H15N.2C2H2O4/c1-2-8-6-4-3-5-7-8;2*3-1(4)2(5)6/h2-7H2,1H3;2*(H,3,4)(H,5,6). The van der Waals surface area contributed by atoms with Gasteiger partial charge in [0.1, 0.15) is 0 Å². The minimum absolute atomic E-state index is 1.25. The molecule has 1 rings (SSSR count). The van der Waals surface area contributed by atoms with Crippen LogP contribution < -0.4 is 0 Å². The molecule has 0 aromatic carbocycles. The zero-order valence-corrected chi connectivity index (χ0v) is 11.1. The Labute approximate surface area is 115 Å². The quantitative estimate of drug-likeness (QED) is 0.481. The molecular weight excluding hydrogens is 274 g/mol. The van der Waals surface area contributed by atoms with Crippen LogP contribution in [-0.4, -0.2) is 68.8 Å². The monoisotopic (exact) mass is 293 g/mol. The number of hydrogen-bond acceptors (Lipinski definition) is 5. The van der Waals surface area contributed by atoms with Crippen molar-refractivity contribution in [3.63, 3.8) is 0 Å². The highest BCUT2D eigenvalue weighted by molar-refractivity contribution is 6.27. The Morgan fingerprint density at radius 2 is 1.05 bits per heavy atom. The molecule has 1 saturated heterocycles. The summed E-state index contributed by atoms with van der Waals surface area (Å²) in [5, 5.41) is 29.6. The zero-order valence-electron chi connectivity index (χ0n) is 11.1. The smallest absolute Gasteiger partial charge is 0.414 e. The van der Waals surface area contributed by atoms with Crippen LogP contribution in [0.4, 0.5) is 0 Å². The topological polar surface area (TPSA) is 152 Å². The van der Waals surface area contributed by atoms with E-state index in [0.717, 1.165) is 0 Å². The highest BCUT2D eigenvalue weighted by Crippen LogP contribution is 2.06. The fraction of sp³-hybridized carbons (Fsp3) is 0.636. The predicted molar refractivity (Wildman–Crippen MR) is 66.5 cm³/mol. The van der Waals surface area contributed by atoms with Gasteiger partial charge < -0.3 is 25.3 Å². The van der Waals surface area contributed by atoms with Crippen molar-refractivity contribution in [3.05, 3.63) is 0 Å². The second-order valence-electron chi connectivity index (χ2n) is 3.72. The van der Waals surface area contributed by atoms with Crippen LogP contribution in [0.25, 0.3) is 0 Å². The average Bonchev–Trinajstić information content (AvgIpc) is 2.40. The van der Waals surface area contributed by atoms with Crippen LogP contribution in [0.2, 0.25) is 0 Å². The van der Waals surface area contributed by atoms with Gasteiger partial charge in [0.25, 0.3) is 0 Å². The third-order valence-corrected chi connectivity index (χ3v) is 2.26. The van der Waals surface area contributed by atoms with Gasteiger partial charge in [0.2, 0.25) is 0 Å².